The topological polar surface area (TPSA) is 35.2 Å². The van der Waals surface area contributed by atoms with Crippen LogP contribution in [0.2, 0.25) is 0 Å². The fourth-order valence-electron chi connectivity index (χ4n) is 1.94. The van der Waals surface area contributed by atoms with E-state index in [0.717, 1.165) is 22.4 Å². The fourth-order valence-corrected chi connectivity index (χ4v) is 1.94. The van der Waals surface area contributed by atoms with Gasteiger partial charge in [-0.05, 0) is 37.6 Å². The number of aryl methyl sites for hydroxylation is 1. The minimum Gasteiger partial charge on any atom is -0.489 e. The number of ether oxygens (including phenoxy) is 1. The van der Waals surface area contributed by atoms with E-state index in [0.29, 0.717) is 6.61 Å². The van der Waals surface area contributed by atoms with Gasteiger partial charge in [0.25, 0.3) is 0 Å². The third-order valence-electron chi connectivity index (χ3n) is 2.94. The molecule has 2 rings (SSSR count). The molecule has 0 fully saturated rings. The SMILES string of the molecule is Cc1ccc(OCc2cccc(F)c2)c(C(C)N)c1. The lowest BCUT2D eigenvalue weighted by Gasteiger charge is -2.15. The molecule has 19 heavy (non-hydrogen) atoms. The first-order valence-corrected chi connectivity index (χ1v) is 6.29. The average Bonchev–Trinajstić information content (AvgIpc) is 2.37. The maximum atomic E-state index is 13.1. The van der Waals surface area contributed by atoms with Gasteiger partial charge in [-0.2, -0.15) is 0 Å². The molecule has 0 aliphatic rings. The van der Waals surface area contributed by atoms with Gasteiger partial charge in [0.2, 0.25) is 0 Å². The molecule has 0 saturated carbocycles. The summed E-state index contributed by atoms with van der Waals surface area (Å²) in [6, 6.07) is 12.2. The molecule has 2 aromatic rings. The van der Waals surface area contributed by atoms with Crippen molar-refractivity contribution in [3.63, 3.8) is 0 Å². The fraction of sp³-hybridized carbons (Fsp3) is 0.250. The third kappa shape index (κ3) is 3.55. The quantitative estimate of drug-likeness (QED) is 0.908. The van der Waals surface area contributed by atoms with Crippen molar-refractivity contribution in [1.82, 2.24) is 0 Å². The average molecular weight is 259 g/mol. The highest BCUT2D eigenvalue weighted by molar-refractivity contribution is 5.39. The number of nitrogens with two attached hydrogens (primary N) is 1. The van der Waals surface area contributed by atoms with Crippen LogP contribution < -0.4 is 10.5 Å². The molecule has 0 radical (unpaired) electrons. The van der Waals surface area contributed by atoms with Crippen molar-refractivity contribution in [2.45, 2.75) is 26.5 Å². The number of rotatable bonds is 4. The molecule has 0 aromatic heterocycles. The molecular weight excluding hydrogens is 241 g/mol. The summed E-state index contributed by atoms with van der Waals surface area (Å²) in [4.78, 5) is 0. The zero-order chi connectivity index (χ0) is 13.8. The summed E-state index contributed by atoms with van der Waals surface area (Å²) in [5, 5.41) is 0. The molecule has 0 amide bonds. The molecular formula is C16H18FNO. The molecule has 0 saturated heterocycles. The molecule has 0 bridgehead atoms. The summed E-state index contributed by atoms with van der Waals surface area (Å²) in [5.41, 5.74) is 8.85. The molecule has 0 heterocycles. The molecule has 1 atom stereocenters. The normalized spacial score (nSPS) is 12.2. The minimum absolute atomic E-state index is 0.0950. The van der Waals surface area contributed by atoms with E-state index < -0.39 is 0 Å². The maximum Gasteiger partial charge on any atom is 0.124 e. The van der Waals surface area contributed by atoms with Crippen LogP contribution in [-0.4, -0.2) is 0 Å². The number of hydrogen-bond acceptors (Lipinski definition) is 2. The van der Waals surface area contributed by atoms with Crippen molar-refractivity contribution >= 4 is 0 Å². The first kappa shape index (κ1) is 13.6. The van der Waals surface area contributed by atoms with Crippen LogP contribution in [-0.2, 0) is 6.61 Å². The zero-order valence-electron chi connectivity index (χ0n) is 11.2. The third-order valence-corrected chi connectivity index (χ3v) is 2.94. The Labute approximate surface area is 113 Å². The van der Waals surface area contributed by atoms with E-state index >= 15 is 0 Å². The van der Waals surface area contributed by atoms with Gasteiger partial charge in [0.1, 0.15) is 18.2 Å². The van der Waals surface area contributed by atoms with Crippen molar-refractivity contribution in [1.29, 1.82) is 0 Å². The first-order valence-electron chi connectivity index (χ1n) is 6.29. The van der Waals surface area contributed by atoms with Gasteiger partial charge in [-0.25, -0.2) is 4.39 Å². The molecule has 2 aromatic carbocycles. The summed E-state index contributed by atoms with van der Waals surface area (Å²) in [6.45, 7) is 4.27. The molecule has 0 spiro atoms. The van der Waals surface area contributed by atoms with Gasteiger partial charge in [0.05, 0.1) is 0 Å². The Hall–Kier alpha value is -1.87. The Balaban J connectivity index is 2.15. The largest absolute Gasteiger partial charge is 0.489 e. The molecule has 1 unspecified atom stereocenters. The smallest absolute Gasteiger partial charge is 0.124 e. The van der Waals surface area contributed by atoms with Gasteiger partial charge < -0.3 is 10.5 Å². The highest BCUT2D eigenvalue weighted by Crippen LogP contribution is 2.25. The zero-order valence-corrected chi connectivity index (χ0v) is 11.2. The highest BCUT2D eigenvalue weighted by Gasteiger charge is 2.08. The van der Waals surface area contributed by atoms with Gasteiger partial charge in [-0.3, -0.25) is 0 Å². The van der Waals surface area contributed by atoms with E-state index in [1.165, 1.54) is 12.1 Å². The Kier molecular flexibility index (Phi) is 4.17. The molecule has 0 aliphatic heterocycles. The van der Waals surface area contributed by atoms with Gasteiger partial charge in [-0.1, -0.05) is 29.8 Å². The van der Waals surface area contributed by atoms with Crippen molar-refractivity contribution in [3.8, 4) is 5.75 Å². The van der Waals surface area contributed by atoms with Crippen LogP contribution in [0, 0.1) is 12.7 Å². The van der Waals surface area contributed by atoms with Crippen LogP contribution in [0.15, 0.2) is 42.5 Å². The van der Waals surface area contributed by atoms with E-state index in [1.807, 2.05) is 38.1 Å². The molecule has 0 aliphatic carbocycles. The monoisotopic (exact) mass is 259 g/mol. The summed E-state index contributed by atoms with van der Waals surface area (Å²) in [7, 11) is 0. The molecule has 100 valence electrons. The van der Waals surface area contributed by atoms with Crippen LogP contribution in [0.1, 0.15) is 29.7 Å². The Bertz CT molecular complexity index is 566. The van der Waals surface area contributed by atoms with Crippen molar-refractivity contribution in [3.05, 3.63) is 65.0 Å². The van der Waals surface area contributed by atoms with Crippen LogP contribution in [0.5, 0.6) is 5.75 Å². The molecule has 3 heteroatoms. The van der Waals surface area contributed by atoms with Crippen molar-refractivity contribution in [2.75, 3.05) is 0 Å². The Morgan fingerprint density at radius 1 is 1.21 bits per heavy atom. The summed E-state index contributed by atoms with van der Waals surface area (Å²) >= 11 is 0. The summed E-state index contributed by atoms with van der Waals surface area (Å²) in [6.07, 6.45) is 0. The summed E-state index contributed by atoms with van der Waals surface area (Å²) < 4.78 is 18.8. The predicted octanol–water partition coefficient (Wildman–Crippen LogP) is 3.73. The van der Waals surface area contributed by atoms with Crippen LogP contribution in [0.3, 0.4) is 0 Å². The van der Waals surface area contributed by atoms with Crippen LogP contribution in [0.4, 0.5) is 4.39 Å². The van der Waals surface area contributed by atoms with Crippen LogP contribution >= 0.6 is 0 Å². The van der Waals surface area contributed by atoms with E-state index in [-0.39, 0.29) is 11.9 Å². The van der Waals surface area contributed by atoms with Crippen molar-refractivity contribution in [2.24, 2.45) is 5.73 Å². The van der Waals surface area contributed by atoms with Crippen molar-refractivity contribution < 1.29 is 9.13 Å². The summed E-state index contributed by atoms with van der Waals surface area (Å²) in [5.74, 6) is 0.502. The van der Waals surface area contributed by atoms with Crippen LogP contribution in [0.25, 0.3) is 0 Å². The lowest BCUT2D eigenvalue weighted by molar-refractivity contribution is 0.301. The van der Waals surface area contributed by atoms with Gasteiger partial charge in [0, 0.05) is 11.6 Å². The molecule has 2 nitrogen and oxygen atoms in total. The number of benzene rings is 2. The van der Waals surface area contributed by atoms with E-state index in [1.54, 1.807) is 6.07 Å². The first-order chi connectivity index (χ1) is 9.06. The maximum absolute atomic E-state index is 13.1. The lowest BCUT2D eigenvalue weighted by Crippen LogP contribution is -2.08. The number of hydrogen-bond donors (Lipinski definition) is 1. The van der Waals surface area contributed by atoms with E-state index in [2.05, 4.69) is 0 Å². The van der Waals surface area contributed by atoms with Gasteiger partial charge in [0.15, 0.2) is 0 Å². The van der Waals surface area contributed by atoms with Gasteiger partial charge in [-0.15, -0.1) is 0 Å². The second-order valence-corrected chi connectivity index (χ2v) is 4.75. The Morgan fingerprint density at radius 3 is 2.68 bits per heavy atom. The lowest BCUT2D eigenvalue weighted by atomic mass is 10.1. The second kappa shape index (κ2) is 5.85. The Morgan fingerprint density at radius 2 is 2.00 bits per heavy atom. The number of halogens is 1. The second-order valence-electron chi connectivity index (χ2n) is 4.75. The van der Waals surface area contributed by atoms with E-state index in [9.17, 15) is 4.39 Å². The standard InChI is InChI=1S/C16H18FNO/c1-11-6-7-16(15(8-11)12(2)18)19-10-13-4-3-5-14(17)9-13/h3-9,12H,10,18H2,1-2H3. The highest BCUT2D eigenvalue weighted by atomic mass is 19.1. The minimum atomic E-state index is -0.252. The van der Waals surface area contributed by atoms with E-state index in [4.69, 9.17) is 10.5 Å². The predicted molar refractivity (Wildman–Crippen MR) is 74.5 cm³/mol. The molecule has 2 N–H and O–H groups in total. The van der Waals surface area contributed by atoms with Gasteiger partial charge >= 0.3 is 0 Å².